The summed E-state index contributed by atoms with van der Waals surface area (Å²) in [4.78, 5) is 0. The van der Waals surface area contributed by atoms with Crippen molar-refractivity contribution in [3.8, 4) is 0 Å². The summed E-state index contributed by atoms with van der Waals surface area (Å²) in [6, 6.07) is 3.60. The lowest BCUT2D eigenvalue weighted by Crippen LogP contribution is -2.09. The van der Waals surface area contributed by atoms with Crippen LogP contribution in [0.2, 0.25) is 0 Å². The molecule has 0 bridgehead atoms. The number of halogens is 1. The minimum absolute atomic E-state index is 0.00380. The van der Waals surface area contributed by atoms with Gasteiger partial charge in [0.15, 0.2) is 0 Å². The van der Waals surface area contributed by atoms with Crippen molar-refractivity contribution in [3.05, 3.63) is 34.6 Å². The second-order valence-electron chi connectivity index (χ2n) is 4.46. The fraction of sp³-hybridized carbons (Fsp3) is 0.538. The Balaban J connectivity index is 2.53. The van der Waals surface area contributed by atoms with Crippen molar-refractivity contribution in [1.29, 1.82) is 0 Å². The van der Waals surface area contributed by atoms with Gasteiger partial charge in [0, 0.05) is 0 Å². The molecule has 0 radical (unpaired) electrons. The molecule has 1 heteroatoms. The van der Waals surface area contributed by atoms with E-state index in [1.807, 2.05) is 6.07 Å². The van der Waals surface area contributed by atoms with E-state index in [4.69, 9.17) is 0 Å². The maximum absolute atomic E-state index is 13.5. The third-order valence-electron chi connectivity index (χ3n) is 3.14. The van der Waals surface area contributed by atoms with Gasteiger partial charge in [0.2, 0.25) is 0 Å². The zero-order valence-electron chi connectivity index (χ0n) is 8.94. The molecule has 0 amide bonds. The molecule has 1 aromatic carbocycles. The summed E-state index contributed by atoms with van der Waals surface area (Å²) >= 11 is 0. The molecule has 0 atom stereocenters. The monoisotopic (exact) mass is 192 g/mol. The van der Waals surface area contributed by atoms with E-state index >= 15 is 0 Å². The van der Waals surface area contributed by atoms with E-state index in [0.29, 0.717) is 5.92 Å². The van der Waals surface area contributed by atoms with Crippen LogP contribution in [0.1, 0.15) is 49.3 Å². The molecule has 0 saturated heterocycles. The molecular weight excluding hydrogens is 175 g/mol. The van der Waals surface area contributed by atoms with Gasteiger partial charge in [0.1, 0.15) is 5.82 Å². The lowest BCUT2D eigenvalue weighted by molar-refractivity contribution is 0.573. The van der Waals surface area contributed by atoms with E-state index in [-0.39, 0.29) is 5.82 Å². The van der Waals surface area contributed by atoms with Gasteiger partial charge in [-0.2, -0.15) is 0 Å². The van der Waals surface area contributed by atoms with Crippen LogP contribution < -0.4 is 0 Å². The highest BCUT2D eigenvalue weighted by Gasteiger charge is 2.17. The maximum atomic E-state index is 13.5. The van der Waals surface area contributed by atoms with Crippen molar-refractivity contribution < 1.29 is 4.39 Å². The molecule has 0 saturated carbocycles. The van der Waals surface area contributed by atoms with Crippen molar-refractivity contribution in [2.75, 3.05) is 0 Å². The van der Waals surface area contributed by atoms with E-state index in [0.717, 1.165) is 24.8 Å². The first-order valence-electron chi connectivity index (χ1n) is 5.50. The Morgan fingerprint density at radius 3 is 2.36 bits per heavy atom. The van der Waals surface area contributed by atoms with Crippen LogP contribution in [0.25, 0.3) is 0 Å². The number of hydrogen-bond acceptors (Lipinski definition) is 0. The van der Waals surface area contributed by atoms with Gasteiger partial charge in [0.25, 0.3) is 0 Å². The highest BCUT2D eigenvalue weighted by atomic mass is 19.1. The summed E-state index contributed by atoms with van der Waals surface area (Å²) in [6.07, 6.45) is 4.37. The van der Waals surface area contributed by atoms with E-state index in [9.17, 15) is 4.39 Å². The van der Waals surface area contributed by atoms with Crippen molar-refractivity contribution in [2.45, 2.75) is 45.4 Å². The van der Waals surface area contributed by atoms with E-state index in [2.05, 4.69) is 13.8 Å². The first-order valence-corrected chi connectivity index (χ1v) is 5.50. The van der Waals surface area contributed by atoms with Gasteiger partial charge in [-0.15, -0.1) is 0 Å². The highest BCUT2D eigenvalue weighted by Crippen LogP contribution is 2.30. The van der Waals surface area contributed by atoms with Crippen LogP contribution in [0.3, 0.4) is 0 Å². The lowest BCUT2D eigenvalue weighted by Gasteiger charge is -2.21. The van der Waals surface area contributed by atoms with Crippen LogP contribution in [0.5, 0.6) is 0 Å². The summed E-state index contributed by atoms with van der Waals surface area (Å²) in [5.41, 5.74) is 3.63. The summed E-state index contributed by atoms with van der Waals surface area (Å²) in [7, 11) is 0. The molecule has 1 aliphatic rings. The van der Waals surface area contributed by atoms with Crippen LogP contribution in [-0.4, -0.2) is 0 Å². The molecule has 2 rings (SSSR count). The van der Waals surface area contributed by atoms with Crippen molar-refractivity contribution in [1.82, 2.24) is 0 Å². The molecule has 0 aliphatic heterocycles. The first kappa shape index (κ1) is 9.70. The SMILES string of the molecule is CC(C)c1ccc(F)c2c1CCCC2. The predicted molar refractivity (Wildman–Crippen MR) is 57.1 cm³/mol. The third-order valence-corrected chi connectivity index (χ3v) is 3.14. The predicted octanol–water partition coefficient (Wildman–Crippen LogP) is 3.83. The summed E-state index contributed by atoms with van der Waals surface area (Å²) in [5, 5.41) is 0. The molecule has 76 valence electrons. The zero-order chi connectivity index (χ0) is 10.1. The van der Waals surface area contributed by atoms with Gasteiger partial charge >= 0.3 is 0 Å². The van der Waals surface area contributed by atoms with Gasteiger partial charge in [-0.1, -0.05) is 19.9 Å². The zero-order valence-corrected chi connectivity index (χ0v) is 8.94. The highest BCUT2D eigenvalue weighted by molar-refractivity contribution is 5.39. The van der Waals surface area contributed by atoms with Gasteiger partial charge in [-0.3, -0.25) is 0 Å². The Bertz CT molecular complexity index is 339. The summed E-state index contributed by atoms with van der Waals surface area (Å²) in [5.74, 6) is 0.520. The average Bonchev–Trinajstić information content (AvgIpc) is 2.18. The molecule has 0 unspecified atom stereocenters. The normalized spacial score (nSPS) is 15.7. The van der Waals surface area contributed by atoms with Gasteiger partial charge in [0.05, 0.1) is 0 Å². The van der Waals surface area contributed by atoms with Crippen LogP contribution in [0.15, 0.2) is 12.1 Å². The molecular formula is C13H17F. The second kappa shape index (κ2) is 3.72. The van der Waals surface area contributed by atoms with E-state index in [1.54, 1.807) is 6.07 Å². The molecule has 0 spiro atoms. The molecule has 1 aromatic rings. The minimum Gasteiger partial charge on any atom is -0.207 e. The second-order valence-corrected chi connectivity index (χ2v) is 4.46. The van der Waals surface area contributed by atoms with Gasteiger partial charge in [-0.25, -0.2) is 4.39 Å². The Morgan fingerprint density at radius 1 is 1.07 bits per heavy atom. The molecule has 0 aromatic heterocycles. The lowest BCUT2D eigenvalue weighted by atomic mass is 9.84. The Kier molecular flexibility index (Phi) is 2.58. The molecule has 0 fully saturated rings. The fourth-order valence-electron chi connectivity index (χ4n) is 2.39. The molecule has 0 nitrogen and oxygen atoms in total. The average molecular weight is 192 g/mol. The quantitative estimate of drug-likeness (QED) is 0.634. The van der Waals surface area contributed by atoms with Crippen LogP contribution in [-0.2, 0) is 12.8 Å². The largest absolute Gasteiger partial charge is 0.207 e. The third kappa shape index (κ3) is 1.56. The number of benzene rings is 1. The summed E-state index contributed by atoms with van der Waals surface area (Å²) in [6.45, 7) is 4.37. The summed E-state index contributed by atoms with van der Waals surface area (Å²) < 4.78 is 13.5. The van der Waals surface area contributed by atoms with Gasteiger partial charge in [-0.05, 0) is 54.4 Å². The van der Waals surface area contributed by atoms with Crippen molar-refractivity contribution in [3.63, 3.8) is 0 Å². The van der Waals surface area contributed by atoms with Crippen LogP contribution in [0, 0.1) is 5.82 Å². The Labute approximate surface area is 85.1 Å². The van der Waals surface area contributed by atoms with Crippen molar-refractivity contribution in [2.24, 2.45) is 0 Å². The molecule has 0 heterocycles. The smallest absolute Gasteiger partial charge is 0.126 e. The molecule has 0 N–H and O–H groups in total. The number of rotatable bonds is 1. The Hall–Kier alpha value is -0.850. The number of hydrogen-bond donors (Lipinski definition) is 0. The first-order chi connectivity index (χ1) is 6.70. The van der Waals surface area contributed by atoms with E-state index < -0.39 is 0 Å². The van der Waals surface area contributed by atoms with Crippen LogP contribution in [0.4, 0.5) is 4.39 Å². The Morgan fingerprint density at radius 2 is 1.71 bits per heavy atom. The van der Waals surface area contributed by atoms with Crippen LogP contribution >= 0.6 is 0 Å². The molecule has 14 heavy (non-hydrogen) atoms. The van der Waals surface area contributed by atoms with Gasteiger partial charge < -0.3 is 0 Å². The fourth-order valence-corrected chi connectivity index (χ4v) is 2.39. The maximum Gasteiger partial charge on any atom is 0.126 e. The standard InChI is InChI=1S/C13H17F/c1-9(2)10-7-8-13(14)12-6-4-3-5-11(10)12/h7-9H,3-6H2,1-2H3. The van der Waals surface area contributed by atoms with E-state index in [1.165, 1.54) is 17.5 Å². The molecule has 1 aliphatic carbocycles. The van der Waals surface area contributed by atoms with Crippen molar-refractivity contribution >= 4 is 0 Å². The number of fused-ring (bicyclic) bond motifs is 1. The minimum atomic E-state index is 0.00380. The topological polar surface area (TPSA) is 0 Å².